The van der Waals surface area contributed by atoms with Crippen molar-refractivity contribution in [1.82, 2.24) is 9.55 Å². The fraction of sp³-hybridized carbons (Fsp3) is 0.211. The van der Waals surface area contributed by atoms with E-state index in [0.717, 1.165) is 6.42 Å². The second-order valence-electron chi connectivity index (χ2n) is 6.12. The summed E-state index contributed by atoms with van der Waals surface area (Å²) in [6.45, 7) is 0.897. The zero-order valence-corrected chi connectivity index (χ0v) is 14.4. The van der Waals surface area contributed by atoms with Crippen LogP contribution in [0.25, 0.3) is 10.9 Å². The van der Waals surface area contributed by atoms with Crippen molar-refractivity contribution in [2.24, 2.45) is 0 Å². The van der Waals surface area contributed by atoms with E-state index in [9.17, 15) is 14.4 Å². The Labute approximate surface area is 153 Å². The number of hydrogen-bond donors (Lipinski definition) is 2. The minimum atomic E-state index is -0.632. The normalized spacial score (nSPS) is 13.2. The molecule has 2 aromatic carbocycles. The highest BCUT2D eigenvalue weighted by molar-refractivity contribution is 5.92. The van der Waals surface area contributed by atoms with Crippen molar-refractivity contribution in [2.75, 3.05) is 18.5 Å². The van der Waals surface area contributed by atoms with Crippen molar-refractivity contribution >= 4 is 22.5 Å². The Morgan fingerprint density at radius 2 is 1.85 bits per heavy atom. The number of para-hydroxylation sites is 1. The van der Waals surface area contributed by atoms with E-state index in [2.05, 4.69) is 10.3 Å². The standard InChI is InChI=1S/C19H17N3O5/c23-17(20-12-6-7-15-16(10-12)27-9-3-8-26-15)11-22-14-5-2-1-4-13(14)18(24)21-19(22)25/h1-2,4-7,10H,3,8-9,11H2,(H,20,23)(H,21,24,25). The summed E-state index contributed by atoms with van der Waals surface area (Å²) in [7, 11) is 0. The van der Waals surface area contributed by atoms with Crippen LogP contribution in [-0.4, -0.2) is 28.7 Å². The van der Waals surface area contributed by atoms with Crippen LogP contribution in [-0.2, 0) is 11.3 Å². The van der Waals surface area contributed by atoms with E-state index < -0.39 is 17.2 Å². The second kappa shape index (κ2) is 6.99. The van der Waals surface area contributed by atoms with Gasteiger partial charge < -0.3 is 14.8 Å². The Morgan fingerprint density at radius 1 is 1.07 bits per heavy atom. The summed E-state index contributed by atoms with van der Waals surface area (Å²) >= 11 is 0. The highest BCUT2D eigenvalue weighted by Crippen LogP contribution is 2.32. The average molecular weight is 367 g/mol. The maximum atomic E-state index is 12.5. The number of amides is 1. The predicted molar refractivity (Wildman–Crippen MR) is 99.5 cm³/mol. The Morgan fingerprint density at radius 3 is 2.70 bits per heavy atom. The van der Waals surface area contributed by atoms with Gasteiger partial charge >= 0.3 is 5.69 Å². The lowest BCUT2D eigenvalue weighted by molar-refractivity contribution is -0.116. The van der Waals surface area contributed by atoms with E-state index in [1.54, 1.807) is 42.5 Å². The number of ether oxygens (including phenoxy) is 2. The van der Waals surface area contributed by atoms with Gasteiger partial charge in [0, 0.05) is 18.2 Å². The Kier molecular flexibility index (Phi) is 4.37. The molecule has 0 saturated heterocycles. The molecule has 8 heteroatoms. The molecule has 2 heterocycles. The van der Waals surface area contributed by atoms with Crippen LogP contribution < -0.4 is 26.0 Å². The Balaban J connectivity index is 1.59. The number of anilines is 1. The first-order chi connectivity index (χ1) is 13.1. The first-order valence-corrected chi connectivity index (χ1v) is 8.53. The number of aromatic nitrogens is 2. The lowest BCUT2D eigenvalue weighted by atomic mass is 10.2. The predicted octanol–water partition coefficient (Wildman–Crippen LogP) is 1.49. The molecule has 8 nitrogen and oxygen atoms in total. The first kappa shape index (κ1) is 16.9. The molecular formula is C19H17N3O5. The number of fused-ring (bicyclic) bond motifs is 2. The van der Waals surface area contributed by atoms with Gasteiger partial charge in [-0.15, -0.1) is 0 Å². The van der Waals surface area contributed by atoms with Crippen LogP contribution >= 0.6 is 0 Å². The van der Waals surface area contributed by atoms with Gasteiger partial charge in [-0.1, -0.05) is 12.1 Å². The number of H-pyrrole nitrogens is 1. The summed E-state index contributed by atoms with van der Waals surface area (Å²) in [5.41, 5.74) is -0.172. The highest BCUT2D eigenvalue weighted by Gasteiger charge is 2.14. The third kappa shape index (κ3) is 3.41. The minimum absolute atomic E-state index is 0.232. The number of nitrogens with one attached hydrogen (secondary N) is 2. The molecule has 4 rings (SSSR count). The summed E-state index contributed by atoms with van der Waals surface area (Å²) in [4.78, 5) is 38.8. The molecule has 0 fully saturated rings. The molecule has 1 amide bonds. The molecule has 1 aromatic heterocycles. The van der Waals surface area contributed by atoms with Crippen molar-refractivity contribution in [3.8, 4) is 11.5 Å². The maximum Gasteiger partial charge on any atom is 0.329 e. The third-order valence-electron chi connectivity index (χ3n) is 4.24. The van der Waals surface area contributed by atoms with Crippen LogP contribution in [0.1, 0.15) is 6.42 Å². The molecule has 0 radical (unpaired) electrons. The summed E-state index contributed by atoms with van der Waals surface area (Å²) < 4.78 is 12.4. The SMILES string of the molecule is O=C(Cn1c(=O)[nH]c(=O)c2ccccc21)Nc1ccc2c(c1)OCCCO2. The van der Waals surface area contributed by atoms with Crippen LogP contribution in [0.4, 0.5) is 5.69 Å². The van der Waals surface area contributed by atoms with Crippen LogP contribution in [0.15, 0.2) is 52.1 Å². The van der Waals surface area contributed by atoms with Gasteiger partial charge in [0.25, 0.3) is 5.56 Å². The fourth-order valence-corrected chi connectivity index (χ4v) is 2.98. The summed E-state index contributed by atoms with van der Waals surface area (Å²) in [6, 6.07) is 11.8. The van der Waals surface area contributed by atoms with Gasteiger partial charge in [-0.05, 0) is 24.3 Å². The van der Waals surface area contributed by atoms with Crippen molar-refractivity contribution in [2.45, 2.75) is 13.0 Å². The van der Waals surface area contributed by atoms with Crippen molar-refractivity contribution in [3.05, 3.63) is 63.3 Å². The number of nitrogens with zero attached hydrogens (tertiary/aromatic N) is 1. The van der Waals surface area contributed by atoms with Gasteiger partial charge in [-0.2, -0.15) is 0 Å². The molecule has 0 saturated carbocycles. The topological polar surface area (TPSA) is 102 Å². The van der Waals surface area contributed by atoms with Crippen molar-refractivity contribution in [3.63, 3.8) is 0 Å². The third-order valence-corrected chi connectivity index (χ3v) is 4.24. The van der Waals surface area contributed by atoms with Crippen LogP contribution in [0, 0.1) is 0 Å². The number of carbonyl (C=O) groups is 1. The number of rotatable bonds is 3. The largest absolute Gasteiger partial charge is 0.490 e. The summed E-state index contributed by atoms with van der Waals surface area (Å²) in [6.07, 6.45) is 0.790. The van der Waals surface area contributed by atoms with Gasteiger partial charge in [-0.25, -0.2) is 4.79 Å². The molecule has 1 aliphatic rings. The van der Waals surface area contributed by atoms with Crippen LogP contribution in [0.5, 0.6) is 11.5 Å². The lowest BCUT2D eigenvalue weighted by Crippen LogP contribution is -2.34. The van der Waals surface area contributed by atoms with E-state index >= 15 is 0 Å². The van der Waals surface area contributed by atoms with Crippen molar-refractivity contribution in [1.29, 1.82) is 0 Å². The summed E-state index contributed by atoms with van der Waals surface area (Å²) in [5, 5.41) is 3.09. The maximum absolute atomic E-state index is 12.5. The zero-order chi connectivity index (χ0) is 18.8. The Hall–Kier alpha value is -3.55. The minimum Gasteiger partial charge on any atom is -0.490 e. The highest BCUT2D eigenvalue weighted by atomic mass is 16.5. The van der Waals surface area contributed by atoms with E-state index in [1.807, 2.05) is 0 Å². The molecule has 2 N–H and O–H groups in total. The van der Waals surface area contributed by atoms with E-state index in [4.69, 9.17) is 9.47 Å². The van der Waals surface area contributed by atoms with Gasteiger partial charge in [0.2, 0.25) is 5.91 Å². The van der Waals surface area contributed by atoms with Crippen LogP contribution in [0.2, 0.25) is 0 Å². The smallest absolute Gasteiger partial charge is 0.329 e. The van der Waals surface area contributed by atoms with Crippen LogP contribution in [0.3, 0.4) is 0 Å². The number of benzene rings is 2. The molecule has 0 unspecified atom stereocenters. The number of aromatic amines is 1. The summed E-state index contributed by atoms with van der Waals surface area (Å²) in [5.74, 6) is 0.800. The monoisotopic (exact) mass is 367 g/mol. The number of hydrogen-bond acceptors (Lipinski definition) is 5. The molecular weight excluding hydrogens is 350 g/mol. The quantitative estimate of drug-likeness (QED) is 0.730. The zero-order valence-electron chi connectivity index (χ0n) is 14.4. The molecule has 0 bridgehead atoms. The molecule has 138 valence electrons. The molecule has 27 heavy (non-hydrogen) atoms. The second-order valence-corrected chi connectivity index (χ2v) is 6.12. The fourth-order valence-electron chi connectivity index (χ4n) is 2.98. The first-order valence-electron chi connectivity index (χ1n) is 8.53. The van der Waals surface area contributed by atoms with Gasteiger partial charge in [0.15, 0.2) is 11.5 Å². The van der Waals surface area contributed by atoms with Gasteiger partial charge in [0.1, 0.15) is 6.54 Å². The molecule has 1 aliphatic heterocycles. The van der Waals surface area contributed by atoms with E-state index in [0.29, 0.717) is 41.3 Å². The van der Waals surface area contributed by atoms with E-state index in [-0.39, 0.29) is 6.54 Å². The van der Waals surface area contributed by atoms with Gasteiger partial charge in [0.05, 0.1) is 24.1 Å². The van der Waals surface area contributed by atoms with E-state index in [1.165, 1.54) is 4.57 Å². The Bertz CT molecular complexity index is 1130. The lowest BCUT2D eigenvalue weighted by Gasteiger charge is -2.12. The average Bonchev–Trinajstić information content (AvgIpc) is 2.90. The van der Waals surface area contributed by atoms with Gasteiger partial charge in [-0.3, -0.25) is 19.1 Å². The molecule has 0 spiro atoms. The number of carbonyl (C=O) groups excluding carboxylic acids is 1. The molecule has 0 atom stereocenters. The van der Waals surface area contributed by atoms with Crippen molar-refractivity contribution < 1.29 is 14.3 Å². The molecule has 3 aromatic rings. The molecule has 0 aliphatic carbocycles.